The monoisotopic (exact) mass is 199 g/mol. The maximum absolute atomic E-state index is 8.48. The van der Waals surface area contributed by atoms with Gasteiger partial charge in [0.1, 0.15) is 6.54 Å². The summed E-state index contributed by atoms with van der Waals surface area (Å²) in [6.07, 6.45) is 0. The zero-order valence-electron chi connectivity index (χ0n) is 8.25. The fraction of sp³-hybridized carbons (Fsp3) is 0.200. The van der Waals surface area contributed by atoms with Crippen LogP contribution in [0.1, 0.15) is 5.56 Å². The van der Waals surface area contributed by atoms with Gasteiger partial charge in [-0.05, 0) is 17.7 Å². The Labute approximate surface area is 87.0 Å². The maximum atomic E-state index is 8.48. The molecule has 5 heteroatoms. The van der Waals surface area contributed by atoms with Crippen molar-refractivity contribution in [3.8, 4) is 17.5 Å². The Balaban J connectivity index is 2.38. The Bertz CT molecular complexity index is 509. The molecule has 0 radical (unpaired) electrons. The second-order valence-corrected chi connectivity index (χ2v) is 3.12. The van der Waals surface area contributed by atoms with Crippen LogP contribution in [0.15, 0.2) is 24.3 Å². The average molecular weight is 199 g/mol. The number of aryl methyl sites for hydroxylation is 1. The molecular formula is C10H9N5. The summed E-state index contributed by atoms with van der Waals surface area (Å²) < 4.78 is 0. The highest BCUT2D eigenvalue weighted by atomic mass is 15.6. The Morgan fingerprint density at radius 2 is 2.20 bits per heavy atom. The molecule has 0 spiro atoms. The number of tetrazole rings is 1. The summed E-state index contributed by atoms with van der Waals surface area (Å²) >= 11 is 0. The zero-order chi connectivity index (χ0) is 10.7. The van der Waals surface area contributed by atoms with Crippen LogP contribution in [0.5, 0.6) is 0 Å². The predicted molar refractivity (Wildman–Crippen MR) is 53.6 cm³/mol. The lowest BCUT2D eigenvalue weighted by atomic mass is 10.1. The second kappa shape index (κ2) is 3.88. The van der Waals surface area contributed by atoms with E-state index in [4.69, 9.17) is 5.26 Å². The van der Waals surface area contributed by atoms with Crippen LogP contribution in [0.3, 0.4) is 0 Å². The van der Waals surface area contributed by atoms with Crippen molar-refractivity contribution in [1.82, 2.24) is 20.2 Å². The van der Waals surface area contributed by atoms with Crippen molar-refractivity contribution < 1.29 is 0 Å². The van der Waals surface area contributed by atoms with E-state index in [1.165, 1.54) is 4.80 Å². The molecule has 0 aliphatic rings. The van der Waals surface area contributed by atoms with E-state index < -0.39 is 0 Å². The highest BCUT2D eigenvalue weighted by Gasteiger charge is 2.07. The van der Waals surface area contributed by atoms with Crippen LogP contribution in [0.2, 0.25) is 0 Å². The van der Waals surface area contributed by atoms with Gasteiger partial charge < -0.3 is 0 Å². The Morgan fingerprint density at radius 1 is 1.40 bits per heavy atom. The van der Waals surface area contributed by atoms with E-state index in [2.05, 4.69) is 15.4 Å². The number of nitriles is 1. The molecular weight excluding hydrogens is 190 g/mol. The van der Waals surface area contributed by atoms with Crippen molar-refractivity contribution in [2.24, 2.45) is 0 Å². The minimum atomic E-state index is 0.124. The van der Waals surface area contributed by atoms with Crippen molar-refractivity contribution >= 4 is 0 Å². The Kier molecular flexibility index (Phi) is 2.42. The fourth-order valence-corrected chi connectivity index (χ4v) is 1.31. The lowest BCUT2D eigenvalue weighted by molar-refractivity contribution is 0.589. The molecule has 0 unspecified atom stereocenters. The van der Waals surface area contributed by atoms with Gasteiger partial charge in [0.25, 0.3) is 0 Å². The van der Waals surface area contributed by atoms with E-state index in [1.54, 1.807) is 0 Å². The molecule has 5 nitrogen and oxygen atoms in total. The van der Waals surface area contributed by atoms with Crippen molar-refractivity contribution in [3.05, 3.63) is 29.8 Å². The molecule has 0 aliphatic heterocycles. The van der Waals surface area contributed by atoms with Crippen LogP contribution in [0.4, 0.5) is 0 Å². The minimum Gasteiger partial charge on any atom is -0.196 e. The van der Waals surface area contributed by atoms with E-state index >= 15 is 0 Å². The number of hydrogen-bond donors (Lipinski definition) is 0. The first kappa shape index (κ1) is 9.34. The zero-order valence-corrected chi connectivity index (χ0v) is 8.25. The molecule has 0 fully saturated rings. The molecule has 74 valence electrons. The molecule has 0 saturated carbocycles. The largest absolute Gasteiger partial charge is 0.205 e. The summed E-state index contributed by atoms with van der Waals surface area (Å²) in [6, 6.07) is 9.76. The van der Waals surface area contributed by atoms with Gasteiger partial charge >= 0.3 is 0 Å². The van der Waals surface area contributed by atoms with E-state index in [9.17, 15) is 0 Å². The number of hydrogen-bond acceptors (Lipinski definition) is 4. The summed E-state index contributed by atoms with van der Waals surface area (Å²) in [5.74, 6) is 0.559. The summed E-state index contributed by atoms with van der Waals surface area (Å²) in [7, 11) is 0. The van der Waals surface area contributed by atoms with Gasteiger partial charge in [-0.15, -0.1) is 15.0 Å². The maximum Gasteiger partial charge on any atom is 0.205 e. The number of aromatic nitrogens is 4. The molecule has 0 saturated heterocycles. The highest BCUT2D eigenvalue weighted by molar-refractivity contribution is 5.58. The Hall–Kier alpha value is -2.22. The molecule has 0 N–H and O–H groups in total. The molecule has 2 aromatic rings. The summed E-state index contributed by atoms with van der Waals surface area (Å²) in [5, 5.41) is 20.3. The molecule has 1 aromatic heterocycles. The quantitative estimate of drug-likeness (QED) is 0.728. The number of nitrogens with zero attached hydrogens (tertiary/aromatic N) is 5. The smallest absolute Gasteiger partial charge is 0.196 e. The van der Waals surface area contributed by atoms with Crippen LogP contribution in [-0.2, 0) is 6.54 Å². The van der Waals surface area contributed by atoms with Gasteiger partial charge in [0, 0.05) is 5.56 Å². The minimum absolute atomic E-state index is 0.124. The molecule has 1 heterocycles. The van der Waals surface area contributed by atoms with Gasteiger partial charge in [0.15, 0.2) is 0 Å². The third kappa shape index (κ3) is 1.83. The lowest BCUT2D eigenvalue weighted by Gasteiger charge is -1.97. The van der Waals surface area contributed by atoms with Crippen molar-refractivity contribution in [3.63, 3.8) is 0 Å². The summed E-state index contributed by atoms with van der Waals surface area (Å²) in [4.78, 5) is 1.28. The van der Waals surface area contributed by atoms with Gasteiger partial charge in [-0.1, -0.05) is 24.3 Å². The van der Waals surface area contributed by atoms with Crippen LogP contribution in [-0.4, -0.2) is 20.2 Å². The van der Waals surface area contributed by atoms with E-state index in [1.807, 2.05) is 37.3 Å². The predicted octanol–water partition coefficient (Wildman–Crippen LogP) is 1.17. The van der Waals surface area contributed by atoms with Crippen LogP contribution in [0, 0.1) is 18.3 Å². The topological polar surface area (TPSA) is 67.4 Å². The highest BCUT2D eigenvalue weighted by Crippen LogP contribution is 2.17. The first-order valence-corrected chi connectivity index (χ1v) is 4.52. The van der Waals surface area contributed by atoms with Gasteiger partial charge in [-0.25, -0.2) is 0 Å². The van der Waals surface area contributed by atoms with E-state index in [0.29, 0.717) is 5.82 Å². The van der Waals surface area contributed by atoms with Gasteiger partial charge in [-0.2, -0.15) is 5.26 Å². The summed E-state index contributed by atoms with van der Waals surface area (Å²) in [5.41, 5.74) is 2.04. The van der Waals surface area contributed by atoms with Crippen molar-refractivity contribution in [2.45, 2.75) is 13.5 Å². The lowest BCUT2D eigenvalue weighted by Crippen LogP contribution is -1.99. The first-order valence-electron chi connectivity index (χ1n) is 4.52. The van der Waals surface area contributed by atoms with Gasteiger partial charge in [0.2, 0.25) is 5.82 Å². The van der Waals surface area contributed by atoms with Gasteiger partial charge in [-0.3, -0.25) is 0 Å². The second-order valence-electron chi connectivity index (χ2n) is 3.12. The first-order chi connectivity index (χ1) is 7.31. The Morgan fingerprint density at radius 3 is 2.93 bits per heavy atom. The van der Waals surface area contributed by atoms with Crippen LogP contribution >= 0.6 is 0 Å². The SMILES string of the molecule is Cc1ccccc1-c1nnn(CC#N)n1. The standard InChI is InChI=1S/C10H9N5/c1-8-4-2-3-5-9(8)10-12-14-15(13-10)7-6-11/h2-5H,7H2,1H3. The normalized spacial score (nSPS) is 9.87. The third-order valence-electron chi connectivity index (χ3n) is 2.05. The molecule has 0 amide bonds. The third-order valence-corrected chi connectivity index (χ3v) is 2.05. The molecule has 0 aliphatic carbocycles. The van der Waals surface area contributed by atoms with Gasteiger partial charge in [0.05, 0.1) is 6.07 Å². The molecule has 2 rings (SSSR count). The van der Waals surface area contributed by atoms with E-state index in [-0.39, 0.29) is 6.54 Å². The number of rotatable bonds is 2. The van der Waals surface area contributed by atoms with Crippen molar-refractivity contribution in [1.29, 1.82) is 5.26 Å². The average Bonchev–Trinajstić information content (AvgIpc) is 2.68. The molecule has 1 aromatic carbocycles. The molecule has 0 atom stereocenters. The van der Waals surface area contributed by atoms with Crippen molar-refractivity contribution in [2.75, 3.05) is 0 Å². The molecule has 0 bridgehead atoms. The molecule has 15 heavy (non-hydrogen) atoms. The van der Waals surface area contributed by atoms with Crippen LogP contribution < -0.4 is 0 Å². The summed E-state index contributed by atoms with van der Waals surface area (Å²) in [6.45, 7) is 2.11. The van der Waals surface area contributed by atoms with Crippen LogP contribution in [0.25, 0.3) is 11.4 Å². The van der Waals surface area contributed by atoms with E-state index in [0.717, 1.165) is 11.1 Å². The number of benzene rings is 1. The fourth-order valence-electron chi connectivity index (χ4n) is 1.31.